The normalized spacial score (nSPS) is 19.6. The van der Waals surface area contributed by atoms with Crippen LogP contribution in [0, 0.1) is 0 Å². The van der Waals surface area contributed by atoms with E-state index < -0.39 is 0 Å². The van der Waals surface area contributed by atoms with Crippen molar-refractivity contribution in [3.05, 3.63) is 23.8 Å². The predicted octanol–water partition coefficient (Wildman–Crippen LogP) is 0.972. The molecule has 0 saturated carbocycles. The summed E-state index contributed by atoms with van der Waals surface area (Å²) in [5.41, 5.74) is 6.84. The largest absolute Gasteiger partial charge is 0.395 e. The molecular formula is C9H15NO. The zero-order valence-corrected chi connectivity index (χ0v) is 6.66. The summed E-state index contributed by atoms with van der Waals surface area (Å²) in [6.07, 6.45) is 9.49. The lowest BCUT2D eigenvalue weighted by Gasteiger charge is -2.10. The molecule has 0 radical (unpaired) electrons. The fraction of sp³-hybridized carbons (Fsp3) is 0.556. The third kappa shape index (κ3) is 2.87. The summed E-state index contributed by atoms with van der Waals surface area (Å²) in [5.74, 6) is 0. The van der Waals surface area contributed by atoms with Crippen LogP contribution in [-0.2, 0) is 0 Å². The van der Waals surface area contributed by atoms with Crippen molar-refractivity contribution in [2.75, 3.05) is 6.61 Å². The zero-order valence-electron chi connectivity index (χ0n) is 6.66. The van der Waals surface area contributed by atoms with Crippen LogP contribution in [0.4, 0.5) is 0 Å². The Hall–Kier alpha value is -0.600. The maximum absolute atomic E-state index is 8.69. The first-order valence-electron chi connectivity index (χ1n) is 4.05. The van der Waals surface area contributed by atoms with Crippen molar-refractivity contribution in [2.45, 2.75) is 25.3 Å². The van der Waals surface area contributed by atoms with Crippen LogP contribution in [0.15, 0.2) is 23.8 Å². The van der Waals surface area contributed by atoms with Crippen LogP contribution >= 0.6 is 0 Å². The number of aliphatic hydroxyl groups is 1. The van der Waals surface area contributed by atoms with Gasteiger partial charge in [0.2, 0.25) is 0 Å². The van der Waals surface area contributed by atoms with Crippen LogP contribution in [0.3, 0.4) is 0 Å². The molecule has 1 aliphatic rings. The van der Waals surface area contributed by atoms with Crippen molar-refractivity contribution in [1.82, 2.24) is 0 Å². The summed E-state index contributed by atoms with van der Waals surface area (Å²) in [7, 11) is 0. The molecule has 0 aromatic carbocycles. The number of rotatable bonds is 3. The topological polar surface area (TPSA) is 46.2 Å². The molecule has 1 rings (SSSR count). The van der Waals surface area contributed by atoms with E-state index in [4.69, 9.17) is 10.8 Å². The van der Waals surface area contributed by atoms with E-state index in [9.17, 15) is 0 Å². The molecule has 1 atom stereocenters. The van der Waals surface area contributed by atoms with Crippen molar-refractivity contribution in [1.29, 1.82) is 0 Å². The second kappa shape index (κ2) is 4.31. The summed E-state index contributed by atoms with van der Waals surface area (Å²) < 4.78 is 0. The van der Waals surface area contributed by atoms with Crippen LogP contribution in [0.5, 0.6) is 0 Å². The van der Waals surface area contributed by atoms with Crippen molar-refractivity contribution < 1.29 is 5.11 Å². The van der Waals surface area contributed by atoms with Gasteiger partial charge in [0.05, 0.1) is 6.61 Å². The second-order valence-corrected chi connectivity index (χ2v) is 2.91. The van der Waals surface area contributed by atoms with Crippen LogP contribution in [0.25, 0.3) is 0 Å². The van der Waals surface area contributed by atoms with Gasteiger partial charge in [0.1, 0.15) is 0 Å². The van der Waals surface area contributed by atoms with Gasteiger partial charge in [-0.1, -0.05) is 23.8 Å². The molecule has 0 bridgehead atoms. The van der Waals surface area contributed by atoms with Crippen LogP contribution in [0.1, 0.15) is 19.3 Å². The number of hydrogen-bond acceptors (Lipinski definition) is 2. The minimum absolute atomic E-state index is 0.0746. The van der Waals surface area contributed by atoms with Gasteiger partial charge in [0, 0.05) is 6.04 Å². The van der Waals surface area contributed by atoms with Gasteiger partial charge in [-0.25, -0.2) is 0 Å². The Morgan fingerprint density at radius 3 is 2.91 bits per heavy atom. The zero-order chi connectivity index (χ0) is 8.10. The van der Waals surface area contributed by atoms with E-state index in [1.807, 2.05) is 0 Å². The van der Waals surface area contributed by atoms with Crippen molar-refractivity contribution in [3.63, 3.8) is 0 Å². The first-order valence-corrected chi connectivity index (χ1v) is 4.05. The quantitative estimate of drug-likeness (QED) is 0.634. The highest BCUT2D eigenvalue weighted by Gasteiger charge is 2.03. The highest BCUT2D eigenvalue weighted by Crippen LogP contribution is 2.13. The van der Waals surface area contributed by atoms with Crippen LogP contribution in [-0.4, -0.2) is 17.8 Å². The van der Waals surface area contributed by atoms with Gasteiger partial charge in [-0.2, -0.15) is 0 Å². The maximum Gasteiger partial charge on any atom is 0.0585 e. The third-order valence-electron chi connectivity index (χ3n) is 1.80. The Morgan fingerprint density at radius 1 is 1.55 bits per heavy atom. The summed E-state index contributed by atoms with van der Waals surface area (Å²) in [6, 6.07) is -0.0935. The Morgan fingerprint density at radius 2 is 2.36 bits per heavy atom. The standard InChI is InChI=1S/C9H15NO/c10-9(7-11)6-8-4-2-1-3-5-8/h2,4-5,9,11H,1,3,6-7,10H2. The lowest BCUT2D eigenvalue weighted by molar-refractivity contribution is 0.265. The number of nitrogens with two attached hydrogens (primary N) is 1. The number of hydrogen-bond donors (Lipinski definition) is 2. The van der Waals surface area contributed by atoms with Gasteiger partial charge in [-0.3, -0.25) is 0 Å². The summed E-state index contributed by atoms with van der Waals surface area (Å²) in [5, 5.41) is 8.69. The Labute approximate surface area is 67.4 Å². The molecule has 1 aliphatic carbocycles. The van der Waals surface area contributed by atoms with Crippen molar-refractivity contribution in [3.8, 4) is 0 Å². The molecular weight excluding hydrogens is 138 g/mol. The van der Waals surface area contributed by atoms with Crippen LogP contribution < -0.4 is 5.73 Å². The highest BCUT2D eigenvalue weighted by molar-refractivity contribution is 5.22. The monoisotopic (exact) mass is 153 g/mol. The molecule has 62 valence electrons. The maximum atomic E-state index is 8.69. The van der Waals surface area contributed by atoms with E-state index >= 15 is 0 Å². The third-order valence-corrected chi connectivity index (χ3v) is 1.80. The molecule has 0 amide bonds. The molecule has 0 spiro atoms. The number of allylic oxidation sites excluding steroid dienone is 3. The van der Waals surface area contributed by atoms with Gasteiger partial charge in [-0.05, 0) is 19.3 Å². The minimum atomic E-state index is -0.0935. The van der Waals surface area contributed by atoms with E-state index in [0.717, 1.165) is 19.3 Å². The van der Waals surface area contributed by atoms with Gasteiger partial charge in [0.25, 0.3) is 0 Å². The van der Waals surface area contributed by atoms with Gasteiger partial charge in [-0.15, -0.1) is 0 Å². The lowest BCUT2D eigenvalue weighted by atomic mass is 10.0. The predicted molar refractivity (Wildman–Crippen MR) is 46.1 cm³/mol. The summed E-state index contributed by atoms with van der Waals surface area (Å²) in [4.78, 5) is 0. The molecule has 1 unspecified atom stereocenters. The Bertz CT molecular complexity index is 172. The molecule has 0 heterocycles. The molecule has 0 fully saturated rings. The van der Waals surface area contributed by atoms with Crippen molar-refractivity contribution in [2.24, 2.45) is 5.73 Å². The molecule has 0 aliphatic heterocycles. The molecule has 2 nitrogen and oxygen atoms in total. The first-order chi connectivity index (χ1) is 5.33. The summed E-state index contributed by atoms with van der Waals surface area (Å²) in [6.45, 7) is 0.0746. The van der Waals surface area contributed by atoms with Gasteiger partial charge in [0.15, 0.2) is 0 Å². The summed E-state index contributed by atoms with van der Waals surface area (Å²) >= 11 is 0. The SMILES string of the molecule is NC(CO)CC1=CCCC=C1. The molecule has 0 aromatic rings. The molecule has 11 heavy (non-hydrogen) atoms. The fourth-order valence-corrected chi connectivity index (χ4v) is 1.19. The molecule has 2 heteroatoms. The van der Waals surface area contributed by atoms with E-state index in [1.54, 1.807) is 0 Å². The Balaban J connectivity index is 2.36. The Kier molecular flexibility index (Phi) is 3.33. The molecule has 0 saturated heterocycles. The molecule has 0 aromatic heterocycles. The molecule has 3 N–H and O–H groups in total. The lowest BCUT2D eigenvalue weighted by Crippen LogP contribution is -2.24. The van der Waals surface area contributed by atoms with E-state index in [-0.39, 0.29) is 12.6 Å². The highest BCUT2D eigenvalue weighted by atomic mass is 16.3. The smallest absolute Gasteiger partial charge is 0.0585 e. The van der Waals surface area contributed by atoms with Gasteiger partial charge >= 0.3 is 0 Å². The van der Waals surface area contributed by atoms with E-state index in [1.165, 1.54) is 5.57 Å². The van der Waals surface area contributed by atoms with Gasteiger partial charge < -0.3 is 10.8 Å². The average Bonchev–Trinajstić information content (AvgIpc) is 2.06. The van der Waals surface area contributed by atoms with Crippen molar-refractivity contribution >= 4 is 0 Å². The average molecular weight is 153 g/mol. The fourth-order valence-electron chi connectivity index (χ4n) is 1.19. The first kappa shape index (κ1) is 8.50. The van der Waals surface area contributed by atoms with E-state index in [2.05, 4.69) is 18.2 Å². The second-order valence-electron chi connectivity index (χ2n) is 2.91. The van der Waals surface area contributed by atoms with Crippen LogP contribution in [0.2, 0.25) is 0 Å². The minimum Gasteiger partial charge on any atom is -0.395 e. The number of aliphatic hydroxyl groups excluding tert-OH is 1. The van der Waals surface area contributed by atoms with E-state index in [0.29, 0.717) is 0 Å².